The molecule has 1 aromatic rings. The zero-order valence-corrected chi connectivity index (χ0v) is 13.4. The molecule has 0 aromatic carbocycles. The molecule has 0 radical (unpaired) electrons. The Kier molecular flexibility index (Phi) is 5.64. The second-order valence-electron chi connectivity index (χ2n) is 7.33. The third-order valence-corrected chi connectivity index (χ3v) is 4.69. The van der Waals surface area contributed by atoms with Crippen LogP contribution in [0.15, 0.2) is 18.7 Å². The van der Waals surface area contributed by atoms with Crippen LogP contribution >= 0.6 is 0 Å². The van der Waals surface area contributed by atoms with E-state index in [9.17, 15) is 0 Å². The summed E-state index contributed by atoms with van der Waals surface area (Å²) in [7, 11) is 0. The zero-order chi connectivity index (χ0) is 14.4. The molecule has 1 aliphatic rings. The average Bonchev–Trinajstić information content (AvgIpc) is 2.91. The number of unbranched alkanes of at least 4 members (excludes halogenated alkanes) is 1. The van der Waals surface area contributed by atoms with Gasteiger partial charge in [0.25, 0.3) is 0 Å². The number of aryl methyl sites for hydroxylation is 1. The van der Waals surface area contributed by atoms with Gasteiger partial charge < -0.3 is 9.88 Å². The van der Waals surface area contributed by atoms with Gasteiger partial charge >= 0.3 is 0 Å². The number of nitrogens with one attached hydrogen (secondary N) is 1. The Labute approximate surface area is 124 Å². The van der Waals surface area contributed by atoms with Crippen LogP contribution in [0.5, 0.6) is 0 Å². The number of imidazole rings is 1. The fourth-order valence-corrected chi connectivity index (χ4v) is 3.54. The lowest BCUT2D eigenvalue weighted by Gasteiger charge is -2.41. The molecule has 3 nitrogen and oxygen atoms in total. The molecule has 3 heteroatoms. The first-order valence-corrected chi connectivity index (χ1v) is 8.26. The summed E-state index contributed by atoms with van der Waals surface area (Å²) in [5, 5.41) is 3.83. The van der Waals surface area contributed by atoms with E-state index in [1.165, 1.54) is 38.5 Å². The SMILES string of the molecule is CC(C)(C)C1CCCCC1NCCCCn1ccnc1. The molecule has 0 amide bonds. The summed E-state index contributed by atoms with van der Waals surface area (Å²) in [6.07, 6.45) is 13.9. The van der Waals surface area contributed by atoms with E-state index in [0.29, 0.717) is 5.41 Å². The van der Waals surface area contributed by atoms with Crippen LogP contribution in [0.3, 0.4) is 0 Å². The summed E-state index contributed by atoms with van der Waals surface area (Å²) in [6, 6.07) is 0.733. The third-order valence-electron chi connectivity index (χ3n) is 4.69. The van der Waals surface area contributed by atoms with Crippen LogP contribution in [0.2, 0.25) is 0 Å². The van der Waals surface area contributed by atoms with Gasteiger partial charge in [-0.1, -0.05) is 33.6 Å². The maximum absolute atomic E-state index is 4.08. The molecule has 0 aliphatic heterocycles. The van der Waals surface area contributed by atoms with Crippen LogP contribution < -0.4 is 5.32 Å². The lowest BCUT2D eigenvalue weighted by atomic mass is 9.69. The van der Waals surface area contributed by atoms with Gasteiger partial charge in [-0.15, -0.1) is 0 Å². The summed E-state index contributed by atoms with van der Waals surface area (Å²) in [6.45, 7) is 9.45. The van der Waals surface area contributed by atoms with Gasteiger partial charge in [0.15, 0.2) is 0 Å². The van der Waals surface area contributed by atoms with E-state index in [2.05, 4.69) is 35.6 Å². The Bertz CT molecular complexity index is 364. The minimum Gasteiger partial charge on any atom is -0.337 e. The molecule has 114 valence electrons. The lowest BCUT2D eigenvalue weighted by molar-refractivity contribution is 0.131. The first-order chi connectivity index (χ1) is 9.57. The van der Waals surface area contributed by atoms with E-state index in [0.717, 1.165) is 25.0 Å². The number of hydrogen-bond acceptors (Lipinski definition) is 2. The summed E-state index contributed by atoms with van der Waals surface area (Å²) < 4.78 is 2.17. The molecular formula is C17H31N3. The monoisotopic (exact) mass is 277 g/mol. The van der Waals surface area contributed by atoms with Gasteiger partial charge in [-0.25, -0.2) is 4.98 Å². The molecule has 0 spiro atoms. The standard InChI is InChI=1S/C17H31N3/c1-17(2,3)15-8-4-5-9-16(15)19-10-6-7-12-20-13-11-18-14-20/h11,13-16,19H,4-10,12H2,1-3H3. The molecule has 1 N–H and O–H groups in total. The smallest absolute Gasteiger partial charge is 0.0945 e. The number of hydrogen-bond donors (Lipinski definition) is 1. The van der Waals surface area contributed by atoms with Gasteiger partial charge in [-0.05, 0) is 43.6 Å². The largest absolute Gasteiger partial charge is 0.337 e. The van der Waals surface area contributed by atoms with E-state index in [4.69, 9.17) is 0 Å². The predicted octanol–water partition coefficient (Wildman–Crippen LogP) is 3.86. The van der Waals surface area contributed by atoms with Gasteiger partial charge in [-0.2, -0.15) is 0 Å². The zero-order valence-electron chi connectivity index (χ0n) is 13.4. The summed E-state index contributed by atoms with van der Waals surface area (Å²) in [4.78, 5) is 4.08. The van der Waals surface area contributed by atoms with E-state index in [-0.39, 0.29) is 0 Å². The van der Waals surface area contributed by atoms with Crippen LogP contribution in [-0.2, 0) is 6.54 Å². The fraction of sp³-hybridized carbons (Fsp3) is 0.824. The van der Waals surface area contributed by atoms with E-state index < -0.39 is 0 Å². The van der Waals surface area contributed by atoms with Crippen molar-refractivity contribution >= 4 is 0 Å². The summed E-state index contributed by atoms with van der Waals surface area (Å²) in [5.41, 5.74) is 0.439. The molecule has 1 saturated carbocycles. The van der Waals surface area contributed by atoms with Crippen LogP contribution in [0.4, 0.5) is 0 Å². The van der Waals surface area contributed by atoms with Crippen LogP contribution in [0.1, 0.15) is 59.3 Å². The summed E-state index contributed by atoms with van der Waals surface area (Å²) in [5.74, 6) is 0.838. The van der Waals surface area contributed by atoms with Crippen LogP contribution in [0.25, 0.3) is 0 Å². The van der Waals surface area contributed by atoms with Gasteiger partial charge in [0.2, 0.25) is 0 Å². The summed E-state index contributed by atoms with van der Waals surface area (Å²) >= 11 is 0. The Morgan fingerprint density at radius 2 is 2.00 bits per heavy atom. The van der Waals surface area contributed by atoms with E-state index >= 15 is 0 Å². The average molecular weight is 277 g/mol. The maximum Gasteiger partial charge on any atom is 0.0945 e. The topological polar surface area (TPSA) is 29.9 Å². The van der Waals surface area contributed by atoms with Crippen molar-refractivity contribution in [2.24, 2.45) is 11.3 Å². The second kappa shape index (κ2) is 7.26. The van der Waals surface area contributed by atoms with Crippen molar-refractivity contribution in [3.8, 4) is 0 Å². The van der Waals surface area contributed by atoms with Crippen molar-refractivity contribution in [1.29, 1.82) is 0 Å². The second-order valence-corrected chi connectivity index (χ2v) is 7.33. The Morgan fingerprint density at radius 1 is 1.20 bits per heavy atom. The number of nitrogens with zero attached hydrogens (tertiary/aromatic N) is 2. The van der Waals surface area contributed by atoms with Crippen molar-refractivity contribution in [1.82, 2.24) is 14.9 Å². The first-order valence-electron chi connectivity index (χ1n) is 8.26. The van der Waals surface area contributed by atoms with Crippen molar-refractivity contribution in [2.75, 3.05) is 6.54 Å². The first kappa shape index (κ1) is 15.6. The number of aromatic nitrogens is 2. The minimum atomic E-state index is 0.439. The van der Waals surface area contributed by atoms with Crippen LogP contribution in [0, 0.1) is 11.3 Å². The Balaban J connectivity index is 1.66. The molecule has 2 atom stereocenters. The van der Waals surface area contributed by atoms with Gasteiger partial charge in [0.1, 0.15) is 0 Å². The molecule has 2 rings (SSSR count). The maximum atomic E-state index is 4.08. The molecule has 1 aliphatic carbocycles. The fourth-order valence-electron chi connectivity index (χ4n) is 3.54. The molecule has 0 saturated heterocycles. The quantitative estimate of drug-likeness (QED) is 0.800. The molecule has 1 aromatic heterocycles. The highest BCUT2D eigenvalue weighted by atomic mass is 15.0. The molecular weight excluding hydrogens is 246 g/mol. The van der Waals surface area contributed by atoms with E-state index in [1.54, 1.807) is 0 Å². The molecule has 0 bridgehead atoms. The van der Waals surface area contributed by atoms with Gasteiger partial charge in [0.05, 0.1) is 6.33 Å². The predicted molar refractivity (Wildman–Crippen MR) is 84.7 cm³/mol. The number of rotatable bonds is 6. The van der Waals surface area contributed by atoms with Crippen molar-refractivity contribution in [2.45, 2.75) is 71.9 Å². The normalized spacial score (nSPS) is 23.9. The molecule has 1 fully saturated rings. The van der Waals surface area contributed by atoms with Crippen molar-refractivity contribution < 1.29 is 0 Å². The minimum absolute atomic E-state index is 0.439. The van der Waals surface area contributed by atoms with Crippen molar-refractivity contribution in [3.05, 3.63) is 18.7 Å². The van der Waals surface area contributed by atoms with Crippen LogP contribution in [-0.4, -0.2) is 22.1 Å². The van der Waals surface area contributed by atoms with Gasteiger partial charge in [-0.3, -0.25) is 0 Å². The molecule has 20 heavy (non-hydrogen) atoms. The van der Waals surface area contributed by atoms with Gasteiger partial charge in [0, 0.05) is 25.0 Å². The van der Waals surface area contributed by atoms with Crippen molar-refractivity contribution in [3.63, 3.8) is 0 Å². The van der Waals surface area contributed by atoms with E-state index in [1.807, 2.05) is 18.7 Å². The highest BCUT2D eigenvalue weighted by molar-refractivity contribution is 4.88. The Hall–Kier alpha value is -0.830. The third kappa shape index (κ3) is 4.62. The molecule has 2 unspecified atom stereocenters. The highest BCUT2D eigenvalue weighted by Gasteiger charge is 2.33. The molecule has 1 heterocycles. The Morgan fingerprint density at radius 3 is 2.70 bits per heavy atom. The lowest BCUT2D eigenvalue weighted by Crippen LogP contribution is -2.44. The highest BCUT2D eigenvalue weighted by Crippen LogP contribution is 2.37.